The summed E-state index contributed by atoms with van der Waals surface area (Å²) in [7, 11) is 0. The van der Waals surface area contributed by atoms with Crippen molar-refractivity contribution in [3.8, 4) is 0 Å². The van der Waals surface area contributed by atoms with E-state index in [2.05, 4.69) is 62.6 Å². The maximum absolute atomic E-state index is 3.64. The van der Waals surface area contributed by atoms with Gasteiger partial charge in [-0.05, 0) is 51.0 Å². The second-order valence-electron chi connectivity index (χ2n) is 8.07. The molecule has 28 heavy (non-hydrogen) atoms. The molecule has 0 radical (unpaired) electrons. The number of unbranched alkanes of at least 4 members (excludes halogenated alkanes) is 8. The highest BCUT2D eigenvalue weighted by Gasteiger charge is 2.04. The third-order valence-corrected chi connectivity index (χ3v) is 5.19. The fourth-order valence-corrected chi connectivity index (χ4v) is 3.48. The molecule has 2 unspecified atom stereocenters. The maximum atomic E-state index is 3.64. The number of hydrogen-bond acceptors (Lipinski definition) is 2. The van der Waals surface area contributed by atoms with Gasteiger partial charge in [0.25, 0.3) is 0 Å². The van der Waals surface area contributed by atoms with Gasteiger partial charge in [-0.2, -0.15) is 0 Å². The van der Waals surface area contributed by atoms with E-state index in [0.29, 0.717) is 12.1 Å². The second-order valence-corrected chi connectivity index (χ2v) is 8.07. The van der Waals surface area contributed by atoms with E-state index < -0.39 is 0 Å². The van der Waals surface area contributed by atoms with Gasteiger partial charge in [0.2, 0.25) is 0 Å². The summed E-state index contributed by atoms with van der Waals surface area (Å²) in [6.07, 6.45) is 16.1. The molecule has 0 spiro atoms. The smallest absolute Gasteiger partial charge is 0.0343 e. The van der Waals surface area contributed by atoms with Gasteiger partial charge in [0, 0.05) is 23.5 Å². The predicted octanol–water partition coefficient (Wildman–Crippen LogP) is 8.85. The summed E-state index contributed by atoms with van der Waals surface area (Å²) < 4.78 is 0. The van der Waals surface area contributed by atoms with Crippen LogP contribution in [0.5, 0.6) is 0 Å². The van der Waals surface area contributed by atoms with Crippen LogP contribution in [0, 0.1) is 0 Å². The molecule has 2 N–H and O–H groups in total. The highest BCUT2D eigenvalue weighted by Crippen LogP contribution is 2.18. The van der Waals surface area contributed by atoms with Crippen molar-refractivity contribution in [1.29, 1.82) is 0 Å². The molecule has 0 fully saturated rings. The summed E-state index contributed by atoms with van der Waals surface area (Å²) in [4.78, 5) is 0. The fraction of sp³-hybridized carbons (Fsp3) is 0.750. The normalized spacial score (nSPS) is 12.4. The molecule has 0 aliphatic heterocycles. The van der Waals surface area contributed by atoms with Crippen molar-refractivity contribution in [2.45, 2.75) is 117 Å². The Hall–Kier alpha value is -0.600. The quantitative estimate of drug-likeness (QED) is 0.254. The van der Waals surface area contributed by atoms with Crippen molar-refractivity contribution in [2.75, 3.05) is 10.6 Å². The standard InChI is InChI=1S/C24H44N2.2ClH/c1-5-7-9-11-13-15-21(3)25-23-17-19-24(20-18-23)26-22(4)16-14-12-10-8-6-2;;/h17-22,25-26H,5-16H2,1-4H3;2*1H. The summed E-state index contributed by atoms with van der Waals surface area (Å²) in [6.45, 7) is 9.15. The van der Waals surface area contributed by atoms with E-state index in [1.807, 2.05) is 0 Å². The minimum atomic E-state index is 0. The van der Waals surface area contributed by atoms with Gasteiger partial charge in [-0.25, -0.2) is 0 Å². The molecule has 2 atom stereocenters. The summed E-state index contributed by atoms with van der Waals surface area (Å²) in [5, 5.41) is 7.28. The Bertz CT molecular complexity index is 396. The van der Waals surface area contributed by atoms with E-state index in [1.54, 1.807) is 0 Å². The van der Waals surface area contributed by atoms with Crippen molar-refractivity contribution in [3.05, 3.63) is 24.3 Å². The van der Waals surface area contributed by atoms with Crippen LogP contribution in [0.4, 0.5) is 11.4 Å². The molecule has 0 amide bonds. The van der Waals surface area contributed by atoms with Gasteiger partial charge >= 0.3 is 0 Å². The number of anilines is 2. The molecule has 0 bridgehead atoms. The minimum Gasteiger partial charge on any atom is -0.383 e. The Kier molecular flexibility index (Phi) is 20.8. The van der Waals surface area contributed by atoms with Crippen LogP contribution in [0.3, 0.4) is 0 Å². The van der Waals surface area contributed by atoms with Gasteiger partial charge < -0.3 is 10.6 Å². The lowest BCUT2D eigenvalue weighted by molar-refractivity contribution is 0.578. The zero-order valence-electron chi connectivity index (χ0n) is 18.8. The molecule has 1 aromatic carbocycles. The summed E-state index contributed by atoms with van der Waals surface area (Å²) in [5.74, 6) is 0. The molecule has 0 aromatic heterocycles. The molecule has 2 nitrogen and oxygen atoms in total. The molecule has 0 saturated carbocycles. The molecular formula is C24H46Cl2N2. The number of rotatable bonds is 16. The zero-order chi connectivity index (χ0) is 19.0. The largest absolute Gasteiger partial charge is 0.383 e. The monoisotopic (exact) mass is 432 g/mol. The van der Waals surface area contributed by atoms with Gasteiger partial charge in [-0.1, -0.05) is 78.1 Å². The van der Waals surface area contributed by atoms with Gasteiger partial charge in [-0.3, -0.25) is 0 Å². The first kappa shape index (κ1) is 29.6. The van der Waals surface area contributed by atoms with E-state index in [4.69, 9.17) is 0 Å². The van der Waals surface area contributed by atoms with Gasteiger partial charge in [0.15, 0.2) is 0 Å². The SMILES string of the molecule is CCCCCCCC(C)Nc1ccc(NC(C)CCCCCCC)cc1.Cl.Cl. The van der Waals surface area contributed by atoms with E-state index in [0.717, 1.165) is 0 Å². The van der Waals surface area contributed by atoms with Gasteiger partial charge in [0.05, 0.1) is 0 Å². The van der Waals surface area contributed by atoms with Crippen molar-refractivity contribution in [2.24, 2.45) is 0 Å². The number of hydrogen-bond donors (Lipinski definition) is 2. The molecule has 1 rings (SSSR count). The zero-order valence-corrected chi connectivity index (χ0v) is 20.4. The summed E-state index contributed by atoms with van der Waals surface area (Å²) in [5.41, 5.74) is 2.48. The Morgan fingerprint density at radius 2 is 0.893 bits per heavy atom. The topological polar surface area (TPSA) is 24.1 Å². The van der Waals surface area contributed by atoms with E-state index in [1.165, 1.54) is 88.4 Å². The molecule has 166 valence electrons. The van der Waals surface area contributed by atoms with Crippen molar-refractivity contribution >= 4 is 36.2 Å². The first-order valence-corrected chi connectivity index (χ1v) is 11.3. The molecule has 0 aliphatic carbocycles. The molecule has 0 saturated heterocycles. The lowest BCUT2D eigenvalue weighted by atomic mass is 10.1. The highest BCUT2D eigenvalue weighted by atomic mass is 35.5. The first-order valence-electron chi connectivity index (χ1n) is 11.3. The summed E-state index contributed by atoms with van der Waals surface area (Å²) >= 11 is 0. The van der Waals surface area contributed by atoms with Gasteiger partial charge in [0.1, 0.15) is 0 Å². The Morgan fingerprint density at radius 1 is 0.571 bits per heavy atom. The van der Waals surface area contributed by atoms with E-state index in [-0.39, 0.29) is 24.8 Å². The van der Waals surface area contributed by atoms with Crippen LogP contribution >= 0.6 is 24.8 Å². The number of nitrogens with one attached hydrogen (secondary N) is 2. The van der Waals surface area contributed by atoms with Crippen LogP contribution in [-0.2, 0) is 0 Å². The van der Waals surface area contributed by atoms with E-state index >= 15 is 0 Å². The average Bonchev–Trinajstić information content (AvgIpc) is 2.63. The van der Waals surface area contributed by atoms with Crippen LogP contribution in [-0.4, -0.2) is 12.1 Å². The van der Waals surface area contributed by atoms with Crippen LogP contribution in [0.15, 0.2) is 24.3 Å². The van der Waals surface area contributed by atoms with Crippen molar-refractivity contribution in [3.63, 3.8) is 0 Å². The third-order valence-electron chi connectivity index (χ3n) is 5.19. The average molecular weight is 434 g/mol. The van der Waals surface area contributed by atoms with Crippen LogP contribution in [0.2, 0.25) is 0 Å². The maximum Gasteiger partial charge on any atom is 0.0343 e. The Balaban J connectivity index is 0. The van der Waals surface area contributed by atoms with Crippen molar-refractivity contribution < 1.29 is 0 Å². The Morgan fingerprint density at radius 3 is 1.21 bits per heavy atom. The molecule has 0 heterocycles. The predicted molar refractivity (Wildman–Crippen MR) is 134 cm³/mol. The lowest BCUT2D eigenvalue weighted by Gasteiger charge is -2.18. The molecular weight excluding hydrogens is 387 g/mol. The summed E-state index contributed by atoms with van der Waals surface area (Å²) in [6, 6.07) is 9.96. The first-order chi connectivity index (χ1) is 12.7. The third kappa shape index (κ3) is 15.3. The molecule has 4 heteroatoms. The lowest BCUT2D eigenvalue weighted by Crippen LogP contribution is -2.16. The number of benzene rings is 1. The highest BCUT2D eigenvalue weighted by molar-refractivity contribution is 5.85. The van der Waals surface area contributed by atoms with Crippen LogP contribution in [0.25, 0.3) is 0 Å². The molecule has 1 aromatic rings. The fourth-order valence-electron chi connectivity index (χ4n) is 3.48. The van der Waals surface area contributed by atoms with Crippen LogP contribution < -0.4 is 10.6 Å². The Labute approximate surface area is 187 Å². The number of halogens is 2. The minimum absolute atomic E-state index is 0. The second kappa shape index (κ2) is 19.7. The van der Waals surface area contributed by atoms with E-state index in [9.17, 15) is 0 Å². The van der Waals surface area contributed by atoms with Gasteiger partial charge in [-0.15, -0.1) is 24.8 Å². The van der Waals surface area contributed by atoms with Crippen LogP contribution in [0.1, 0.15) is 105 Å². The molecule has 0 aliphatic rings. The van der Waals surface area contributed by atoms with Crippen molar-refractivity contribution in [1.82, 2.24) is 0 Å².